The molecule has 2 aromatic carbocycles. The summed E-state index contributed by atoms with van der Waals surface area (Å²) in [5.41, 5.74) is -1.97. The summed E-state index contributed by atoms with van der Waals surface area (Å²) in [5.74, 6) is -7.25. The minimum absolute atomic E-state index is 0.0886. The van der Waals surface area contributed by atoms with Gasteiger partial charge in [0.15, 0.2) is 23.1 Å². The SMILES string of the molecule is CCOC(=O)c1ccc(Oc2c(F)c(F)c(C#N)c(C#N)c2F)c(OC)c1. The van der Waals surface area contributed by atoms with Crippen LogP contribution in [0.25, 0.3) is 0 Å². The largest absolute Gasteiger partial charge is 0.493 e. The highest BCUT2D eigenvalue weighted by atomic mass is 19.2. The van der Waals surface area contributed by atoms with Crippen LogP contribution in [-0.2, 0) is 4.74 Å². The molecule has 2 aromatic rings. The molecule has 0 N–H and O–H groups in total. The summed E-state index contributed by atoms with van der Waals surface area (Å²) in [6.45, 7) is 1.75. The van der Waals surface area contributed by atoms with Gasteiger partial charge in [-0.3, -0.25) is 0 Å². The van der Waals surface area contributed by atoms with Crippen molar-refractivity contribution in [3.63, 3.8) is 0 Å². The van der Waals surface area contributed by atoms with Gasteiger partial charge in [0.25, 0.3) is 0 Å². The molecule has 0 aliphatic rings. The van der Waals surface area contributed by atoms with E-state index < -0.39 is 40.3 Å². The first-order valence-electron chi connectivity index (χ1n) is 7.43. The van der Waals surface area contributed by atoms with E-state index in [1.165, 1.54) is 31.4 Å². The molecule has 0 radical (unpaired) electrons. The van der Waals surface area contributed by atoms with E-state index in [2.05, 4.69) is 0 Å². The van der Waals surface area contributed by atoms with Crippen molar-refractivity contribution >= 4 is 5.97 Å². The average Bonchev–Trinajstić information content (AvgIpc) is 2.67. The Balaban J connectivity index is 2.55. The van der Waals surface area contributed by atoms with E-state index >= 15 is 0 Å². The summed E-state index contributed by atoms with van der Waals surface area (Å²) >= 11 is 0. The fraction of sp³-hybridized carbons (Fsp3) is 0.167. The normalized spacial score (nSPS) is 9.89. The van der Waals surface area contributed by atoms with Crippen LogP contribution in [0.1, 0.15) is 28.4 Å². The first-order chi connectivity index (χ1) is 12.9. The highest BCUT2D eigenvalue weighted by Gasteiger charge is 2.27. The molecular weight excluding hydrogens is 365 g/mol. The van der Waals surface area contributed by atoms with Crippen LogP contribution in [-0.4, -0.2) is 19.7 Å². The molecule has 0 atom stereocenters. The zero-order valence-electron chi connectivity index (χ0n) is 14.1. The lowest BCUT2D eigenvalue weighted by atomic mass is 10.1. The number of rotatable bonds is 5. The Bertz CT molecular complexity index is 994. The molecule has 0 heterocycles. The number of halogens is 3. The Kier molecular flexibility index (Phi) is 5.89. The number of esters is 1. The Labute approximate surface area is 151 Å². The lowest BCUT2D eigenvalue weighted by molar-refractivity contribution is 0.0526. The van der Waals surface area contributed by atoms with Gasteiger partial charge >= 0.3 is 5.97 Å². The number of benzene rings is 2. The number of ether oxygens (including phenoxy) is 3. The lowest BCUT2D eigenvalue weighted by Gasteiger charge is -2.14. The Morgan fingerprint density at radius 1 is 1.04 bits per heavy atom. The highest BCUT2D eigenvalue weighted by molar-refractivity contribution is 5.90. The van der Waals surface area contributed by atoms with Gasteiger partial charge in [-0.1, -0.05) is 0 Å². The fourth-order valence-electron chi connectivity index (χ4n) is 2.14. The van der Waals surface area contributed by atoms with Crippen LogP contribution in [0.2, 0.25) is 0 Å². The van der Waals surface area contributed by atoms with Crippen LogP contribution in [0.15, 0.2) is 18.2 Å². The monoisotopic (exact) mass is 376 g/mol. The second-order valence-corrected chi connectivity index (χ2v) is 4.93. The van der Waals surface area contributed by atoms with E-state index in [0.29, 0.717) is 0 Å². The summed E-state index contributed by atoms with van der Waals surface area (Å²) < 4.78 is 57.3. The Hall–Kier alpha value is -3.72. The van der Waals surface area contributed by atoms with Crippen molar-refractivity contribution in [2.24, 2.45) is 0 Å². The van der Waals surface area contributed by atoms with Crippen LogP contribution in [0.4, 0.5) is 13.2 Å². The molecule has 6 nitrogen and oxygen atoms in total. The number of hydrogen-bond donors (Lipinski definition) is 0. The van der Waals surface area contributed by atoms with E-state index in [1.54, 1.807) is 6.92 Å². The maximum Gasteiger partial charge on any atom is 0.338 e. The van der Waals surface area contributed by atoms with Gasteiger partial charge in [-0.15, -0.1) is 0 Å². The molecule has 0 aliphatic heterocycles. The minimum atomic E-state index is -1.78. The molecule has 9 heteroatoms. The molecule has 2 rings (SSSR count). The first-order valence-corrected chi connectivity index (χ1v) is 7.43. The average molecular weight is 376 g/mol. The summed E-state index contributed by atoms with van der Waals surface area (Å²) in [5, 5.41) is 17.7. The zero-order chi connectivity index (χ0) is 20.1. The van der Waals surface area contributed by atoms with Gasteiger partial charge in [0.05, 0.1) is 19.3 Å². The van der Waals surface area contributed by atoms with Crippen LogP contribution < -0.4 is 9.47 Å². The second kappa shape index (κ2) is 8.11. The third kappa shape index (κ3) is 3.62. The van der Waals surface area contributed by atoms with E-state index in [-0.39, 0.29) is 23.7 Å². The smallest absolute Gasteiger partial charge is 0.338 e. The number of carbonyl (C=O) groups excluding carboxylic acids is 1. The van der Waals surface area contributed by atoms with Crippen molar-refractivity contribution in [3.05, 3.63) is 52.3 Å². The third-order valence-corrected chi connectivity index (χ3v) is 3.39. The van der Waals surface area contributed by atoms with Crippen molar-refractivity contribution in [1.82, 2.24) is 0 Å². The standard InChI is InChI=1S/C18H11F3N2O4/c1-3-26-18(24)9-4-5-12(13(6-9)25-2)27-17-15(20)11(8-23)10(7-22)14(19)16(17)21/h4-6H,3H2,1-2H3. The van der Waals surface area contributed by atoms with Gasteiger partial charge in [-0.25, -0.2) is 13.6 Å². The molecule has 0 saturated carbocycles. The van der Waals surface area contributed by atoms with Crippen molar-refractivity contribution in [2.75, 3.05) is 13.7 Å². The van der Waals surface area contributed by atoms with Crippen molar-refractivity contribution in [2.45, 2.75) is 6.92 Å². The summed E-state index contributed by atoms with van der Waals surface area (Å²) in [4.78, 5) is 11.7. The fourth-order valence-corrected chi connectivity index (χ4v) is 2.14. The van der Waals surface area contributed by atoms with E-state index in [1.807, 2.05) is 0 Å². The maximum absolute atomic E-state index is 14.4. The van der Waals surface area contributed by atoms with Crippen LogP contribution in [0.3, 0.4) is 0 Å². The second-order valence-electron chi connectivity index (χ2n) is 4.93. The first kappa shape index (κ1) is 19.6. The molecule has 138 valence electrons. The lowest BCUT2D eigenvalue weighted by Crippen LogP contribution is -2.06. The van der Waals surface area contributed by atoms with Crippen LogP contribution in [0, 0.1) is 40.1 Å². The number of carbonyl (C=O) groups is 1. The summed E-state index contributed by atoms with van der Waals surface area (Å²) in [6.07, 6.45) is 0. The summed E-state index contributed by atoms with van der Waals surface area (Å²) in [7, 11) is 1.21. The van der Waals surface area contributed by atoms with Crippen molar-refractivity contribution in [1.29, 1.82) is 10.5 Å². The Morgan fingerprint density at radius 2 is 1.67 bits per heavy atom. The van der Waals surface area contributed by atoms with Crippen LogP contribution in [0.5, 0.6) is 17.2 Å². The predicted octanol–water partition coefficient (Wildman–Crippen LogP) is 3.82. The number of methoxy groups -OCH3 is 1. The highest BCUT2D eigenvalue weighted by Crippen LogP contribution is 2.37. The van der Waals surface area contributed by atoms with Crippen molar-refractivity contribution in [3.8, 4) is 29.4 Å². The van der Waals surface area contributed by atoms with Gasteiger partial charge in [-0.2, -0.15) is 14.9 Å². The number of hydrogen-bond acceptors (Lipinski definition) is 6. The quantitative estimate of drug-likeness (QED) is 0.582. The van der Waals surface area contributed by atoms with Crippen LogP contribution >= 0.6 is 0 Å². The molecule has 0 saturated heterocycles. The molecule has 27 heavy (non-hydrogen) atoms. The van der Waals surface area contributed by atoms with E-state index in [4.69, 9.17) is 24.7 Å². The molecule has 0 spiro atoms. The predicted molar refractivity (Wildman–Crippen MR) is 84.8 cm³/mol. The zero-order valence-corrected chi connectivity index (χ0v) is 14.1. The van der Waals surface area contributed by atoms with Gasteiger partial charge in [0.1, 0.15) is 23.3 Å². The molecule has 0 fully saturated rings. The number of nitriles is 2. The molecule has 0 aromatic heterocycles. The minimum Gasteiger partial charge on any atom is -0.493 e. The molecule has 0 amide bonds. The summed E-state index contributed by atoms with van der Waals surface area (Å²) in [6, 6.07) is 6.14. The molecule has 0 bridgehead atoms. The van der Waals surface area contributed by atoms with Gasteiger partial charge < -0.3 is 14.2 Å². The maximum atomic E-state index is 14.4. The molecule has 0 unspecified atom stereocenters. The third-order valence-electron chi connectivity index (χ3n) is 3.39. The Morgan fingerprint density at radius 3 is 2.22 bits per heavy atom. The topological polar surface area (TPSA) is 92.3 Å². The molecular formula is C18H11F3N2O4. The molecule has 0 aliphatic carbocycles. The van der Waals surface area contributed by atoms with E-state index in [9.17, 15) is 18.0 Å². The van der Waals surface area contributed by atoms with Gasteiger partial charge in [0, 0.05) is 0 Å². The number of nitrogens with zero attached hydrogens (tertiary/aromatic N) is 2. The van der Waals surface area contributed by atoms with Crippen molar-refractivity contribution < 1.29 is 32.2 Å². The van der Waals surface area contributed by atoms with Gasteiger partial charge in [0.2, 0.25) is 11.6 Å². The van der Waals surface area contributed by atoms with E-state index in [0.717, 1.165) is 6.07 Å². The van der Waals surface area contributed by atoms with Gasteiger partial charge in [-0.05, 0) is 25.1 Å².